The molecule has 0 bridgehead atoms. The number of unbranched alkanes of at least 4 members (excludes halogenated alkanes) is 11. The van der Waals surface area contributed by atoms with Crippen LogP contribution in [0.5, 0.6) is 0 Å². The fourth-order valence-electron chi connectivity index (χ4n) is 2.34. The molecule has 1 unspecified atom stereocenters. The summed E-state index contributed by atoms with van der Waals surface area (Å²) < 4.78 is 0. The molecule has 0 aromatic heterocycles. The monoisotopic (exact) mass is 282 g/mol. The van der Waals surface area contributed by atoms with Crippen molar-refractivity contribution < 1.29 is 0 Å². The molecule has 2 N–H and O–H groups in total. The van der Waals surface area contributed by atoms with Gasteiger partial charge in [-0.25, -0.2) is 0 Å². The van der Waals surface area contributed by atoms with Crippen molar-refractivity contribution in [1.82, 2.24) is 0 Å². The highest BCUT2D eigenvalue weighted by atomic mass is 16.3. The highest BCUT2D eigenvalue weighted by molar-refractivity contribution is 4.93. The number of nitrogens with two attached hydrogens (primary N) is 1. The Hall–Kier alpha value is -0.700. The molecule has 0 aliphatic carbocycles. The van der Waals surface area contributed by atoms with Gasteiger partial charge in [-0.05, 0) is 12.8 Å². The van der Waals surface area contributed by atoms with Gasteiger partial charge in [0.1, 0.15) is 6.04 Å². The highest BCUT2D eigenvalue weighted by Gasteiger charge is 1.98. The number of hydrogen-bond acceptors (Lipinski definition) is 3. The van der Waals surface area contributed by atoms with Gasteiger partial charge in [-0.3, -0.25) is 0 Å². The van der Waals surface area contributed by atoms with Crippen molar-refractivity contribution in [3.05, 3.63) is 17.1 Å². The van der Waals surface area contributed by atoms with E-state index in [1.807, 2.05) is 12.2 Å². The molecule has 20 heavy (non-hydrogen) atoms. The molecule has 118 valence electrons. The van der Waals surface area contributed by atoms with E-state index in [0.29, 0.717) is 6.54 Å². The Labute approximate surface area is 125 Å². The van der Waals surface area contributed by atoms with Crippen molar-refractivity contribution in [2.75, 3.05) is 6.54 Å². The summed E-state index contributed by atoms with van der Waals surface area (Å²) in [6.07, 6.45) is 20.0. The van der Waals surface area contributed by atoms with Gasteiger partial charge in [-0.15, -0.1) is 0 Å². The lowest BCUT2D eigenvalue weighted by Gasteiger charge is -2.02. The van der Waals surface area contributed by atoms with E-state index in [1.54, 1.807) is 0 Å². The molecule has 0 aliphatic heterocycles. The van der Waals surface area contributed by atoms with Crippen LogP contribution in [0.4, 0.5) is 0 Å². The summed E-state index contributed by atoms with van der Waals surface area (Å²) in [6, 6.07) is -0.331. The Morgan fingerprint density at radius 2 is 1.40 bits per heavy atom. The van der Waals surface area contributed by atoms with Crippen molar-refractivity contribution in [1.29, 1.82) is 0 Å². The van der Waals surface area contributed by atoms with Gasteiger partial charge in [0, 0.05) is 6.54 Å². The maximum atomic E-state index is 10.3. The molecule has 0 saturated carbocycles. The maximum Gasteiger partial charge on any atom is 0.122 e. The first-order valence-electron chi connectivity index (χ1n) is 8.54. The second-order valence-electron chi connectivity index (χ2n) is 5.66. The van der Waals surface area contributed by atoms with Crippen LogP contribution < -0.4 is 5.73 Å². The summed E-state index contributed by atoms with van der Waals surface area (Å²) >= 11 is 0. The third-order valence-electron chi connectivity index (χ3n) is 3.71. The van der Waals surface area contributed by atoms with Crippen LogP contribution in [0.15, 0.2) is 17.3 Å². The van der Waals surface area contributed by atoms with E-state index < -0.39 is 0 Å². The van der Waals surface area contributed by atoms with Gasteiger partial charge in [0.05, 0.1) is 0 Å². The topological polar surface area (TPSA) is 55.4 Å². The zero-order chi connectivity index (χ0) is 14.9. The minimum absolute atomic E-state index is 0.318. The van der Waals surface area contributed by atoms with Crippen molar-refractivity contribution in [2.45, 2.75) is 90.0 Å². The average molecular weight is 282 g/mol. The fourth-order valence-corrected chi connectivity index (χ4v) is 2.34. The molecule has 0 heterocycles. The molecule has 0 amide bonds. The van der Waals surface area contributed by atoms with Crippen LogP contribution in [-0.4, -0.2) is 12.6 Å². The number of nitrogens with zero attached hydrogens (tertiary/aromatic N) is 1. The molecule has 0 fully saturated rings. The van der Waals surface area contributed by atoms with Crippen molar-refractivity contribution >= 4 is 0 Å². The van der Waals surface area contributed by atoms with Gasteiger partial charge in [-0.1, -0.05) is 88.5 Å². The van der Waals surface area contributed by atoms with Crippen molar-refractivity contribution in [3.63, 3.8) is 0 Å². The predicted molar refractivity (Wildman–Crippen MR) is 88.9 cm³/mol. The Balaban J connectivity index is 3.15. The molecule has 0 rings (SSSR count). The van der Waals surface area contributed by atoms with Gasteiger partial charge in [0.25, 0.3) is 0 Å². The second-order valence-corrected chi connectivity index (χ2v) is 5.66. The third-order valence-corrected chi connectivity index (χ3v) is 3.71. The van der Waals surface area contributed by atoms with Crippen LogP contribution in [-0.2, 0) is 0 Å². The van der Waals surface area contributed by atoms with E-state index in [2.05, 4.69) is 12.1 Å². The molecule has 3 heteroatoms. The van der Waals surface area contributed by atoms with Gasteiger partial charge in [-0.2, -0.15) is 4.91 Å². The van der Waals surface area contributed by atoms with Crippen LogP contribution in [0, 0.1) is 4.91 Å². The zero-order valence-corrected chi connectivity index (χ0v) is 13.4. The molecular formula is C17H34N2O. The van der Waals surface area contributed by atoms with Gasteiger partial charge in [0.2, 0.25) is 0 Å². The van der Waals surface area contributed by atoms with Gasteiger partial charge < -0.3 is 5.73 Å². The van der Waals surface area contributed by atoms with E-state index in [0.717, 1.165) is 6.42 Å². The van der Waals surface area contributed by atoms with E-state index in [9.17, 15) is 4.91 Å². The van der Waals surface area contributed by atoms with Crippen molar-refractivity contribution in [2.24, 2.45) is 10.9 Å². The lowest BCUT2D eigenvalue weighted by molar-refractivity contribution is 0.550. The largest absolute Gasteiger partial charge is 0.328 e. The van der Waals surface area contributed by atoms with Gasteiger partial charge in [0.15, 0.2) is 0 Å². The van der Waals surface area contributed by atoms with Gasteiger partial charge >= 0.3 is 0 Å². The van der Waals surface area contributed by atoms with Crippen LogP contribution >= 0.6 is 0 Å². The minimum atomic E-state index is -0.331. The first-order valence-corrected chi connectivity index (χ1v) is 8.54. The zero-order valence-electron chi connectivity index (χ0n) is 13.4. The first kappa shape index (κ1) is 19.3. The van der Waals surface area contributed by atoms with Crippen LogP contribution in [0.1, 0.15) is 84.0 Å². The highest BCUT2D eigenvalue weighted by Crippen LogP contribution is 2.12. The molecule has 0 spiro atoms. The van der Waals surface area contributed by atoms with E-state index in [1.165, 1.54) is 70.6 Å². The lowest BCUT2D eigenvalue weighted by atomic mass is 10.1. The molecule has 1 atom stereocenters. The summed E-state index contributed by atoms with van der Waals surface area (Å²) in [4.78, 5) is 10.3. The molecule has 3 nitrogen and oxygen atoms in total. The minimum Gasteiger partial charge on any atom is -0.328 e. The summed E-state index contributed by atoms with van der Waals surface area (Å²) in [6.45, 7) is 2.58. The first-order chi connectivity index (χ1) is 9.85. The quantitative estimate of drug-likeness (QED) is 0.250. The SMILES string of the molecule is CCCCCCCCCCCCC/C=C/C(CN)N=O. The van der Waals surface area contributed by atoms with E-state index in [4.69, 9.17) is 5.73 Å². The van der Waals surface area contributed by atoms with E-state index >= 15 is 0 Å². The Kier molecular flexibility index (Phi) is 15.8. The standard InChI is InChI=1S/C17H34N2O/c1-2-3-4-5-6-7-8-9-10-11-12-13-14-15-17(16-18)19-20/h14-15,17H,2-13,16,18H2,1H3/b15-14+. The summed E-state index contributed by atoms with van der Waals surface area (Å²) in [5.41, 5.74) is 5.39. The maximum absolute atomic E-state index is 10.3. The summed E-state index contributed by atoms with van der Waals surface area (Å²) in [5, 5.41) is 2.94. The van der Waals surface area contributed by atoms with E-state index in [-0.39, 0.29) is 6.04 Å². The third kappa shape index (κ3) is 13.7. The summed E-state index contributed by atoms with van der Waals surface area (Å²) in [5.74, 6) is 0. The fraction of sp³-hybridized carbons (Fsp3) is 0.882. The number of nitroso groups, excluding NO2 is 1. The Morgan fingerprint density at radius 1 is 0.900 bits per heavy atom. The molecule has 0 aromatic carbocycles. The summed E-state index contributed by atoms with van der Waals surface area (Å²) in [7, 11) is 0. The van der Waals surface area contributed by atoms with Crippen LogP contribution in [0.2, 0.25) is 0 Å². The molecule has 0 saturated heterocycles. The Bertz CT molecular complexity index is 229. The number of rotatable bonds is 15. The van der Waals surface area contributed by atoms with Crippen molar-refractivity contribution in [3.8, 4) is 0 Å². The second kappa shape index (κ2) is 16.4. The molecular weight excluding hydrogens is 248 g/mol. The molecule has 0 radical (unpaired) electrons. The lowest BCUT2D eigenvalue weighted by Crippen LogP contribution is -2.14. The molecule has 0 aliphatic rings. The Morgan fingerprint density at radius 3 is 1.85 bits per heavy atom. The van der Waals surface area contributed by atoms with Crippen LogP contribution in [0.3, 0.4) is 0 Å². The number of hydrogen-bond donors (Lipinski definition) is 1. The normalized spacial score (nSPS) is 12.9. The smallest absolute Gasteiger partial charge is 0.122 e. The van der Waals surface area contributed by atoms with Crippen LogP contribution in [0.25, 0.3) is 0 Å². The predicted octanol–water partition coefficient (Wildman–Crippen LogP) is 5.34. The molecule has 0 aromatic rings. The number of allylic oxidation sites excluding steroid dienone is 1. The average Bonchev–Trinajstić information content (AvgIpc) is 2.48.